The summed E-state index contributed by atoms with van der Waals surface area (Å²) in [6, 6.07) is 0. The smallest absolute Gasteiger partial charge is 0.462 e. The molecule has 2 atom stereocenters. The second kappa shape index (κ2) is 76.6. The van der Waals surface area contributed by atoms with Gasteiger partial charge in [0.15, 0.2) is 6.10 Å². The lowest BCUT2D eigenvalue weighted by molar-refractivity contribution is -0.161. The van der Waals surface area contributed by atoms with Crippen molar-refractivity contribution in [1.82, 2.24) is 0 Å². The van der Waals surface area contributed by atoms with Crippen LogP contribution in [0.1, 0.15) is 322 Å². The lowest BCUT2D eigenvalue weighted by Crippen LogP contribution is -2.29. The maximum absolute atomic E-state index is 12.8. The number of hydrogen-bond acceptors (Lipinski definition) is 8. The van der Waals surface area contributed by atoms with Gasteiger partial charge in [0, 0.05) is 19.4 Å². The fourth-order valence-corrected chi connectivity index (χ4v) is 11.2. The van der Waals surface area contributed by atoms with Gasteiger partial charge < -0.3 is 20.1 Å². The van der Waals surface area contributed by atoms with Crippen molar-refractivity contribution < 1.29 is 37.6 Å². The van der Waals surface area contributed by atoms with Crippen molar-refractivity contribution in [2.75, 3.05) is 26.4 Å². The first kappa shape index (κ1) is 88.6. The van der Waals surface area contributed by atoms with Gasteiger partial charge in [-0.1, -0.05) is 345 Å². The highest BCUT2D eigenvalue weighted by molar-refractivity contribution is 7.47. The second-order valence-electron chi connectivity index (χ2n) is 24.8. The Balaban J connectivity index is 3.87. The van der Waals surface area contributed by atoms with Crippen LogP contribution >= 0.6 is 7.82 Å². The van der Waals surface area contributed by atoms with Crippen molar-refractivity contribution >= 4 is 19.8 Å². The van der Waals surface area contributed by atoms with Crippen molar-refractivity contribution in [3.63, 3.8) is 0 Å². The molecule has 0 spiro atoms. The Morgan fingerprint density at radius 3 is 0.828 bits per heavy atom. The molecule has 0 rings (SSSR count). The van der Waals surface area contributed by atoms with Gasteiger partial charge in [-0.3, -0.25) is 18.6 Å². The maximum Gasteiger partial charge on any atom is 0.472 e. The number of hydrogen-bond donors (Lipinski definition) is 2. The molecule has 0 aromatic heterocycles. The molecule has 2 unspecified atom stereocenters. The van der Waals surface area contributed by atoms with Crippen LogP contribution in [0.25, 0.3) is 0 Å². The number of rotatable bonds is 70. The highest BCUT2D eigenvalue weighted by Crippen LogP contribution is 2.43. The molecule has 0 bridgehead atoms. The Labute approximate surface area is 572 Å². The van der Waals surface area contributed by atoms with E-state index in [0.717, 1.165) is 128 Å². The van der Waals surface area contributed by atoms with E-state index in [1.165, 1.54) is 161 Å². The van der Waals surface area contributed by atoms with Crippen LogP contribution in [0.2, 0.25) is 0 Å². The van der Waals surface area contributed by atoms with E-state index >= 15 is 0 Å². The van der Waals surface area contributed by atoms with Crippen LogP contribution in [0, 0.1) is 0 Å². The summed E-state index contributed by atoms with van der Waals surface area (Å²) >= 11 is 0. The lowest BCUT2D eigenvalue weighted by Gasteiger charge is -2.19. The molecule has 0 aliphatic rings. The molecule has 0 aromatic carbocycles. The Kier molecular flexibility index (Phi) is 73.0. The minimum atomic E-state index is -4.41. The number of carbonyl (C=O) groups is 2. The topological polar surface area (TPSA) is 134 Å². The summed E-state index contributed by atoms with van der Waals surface area (Å²) in [6.07, 6.45) is 112. The minimum absolute atomic E-state index is 0.0474. The number of carbonyl (C=O) groups excluding carboxylic acids is 2. The van der Waals surface area contributed by atoms with Gasteiger partial charge in [-0.15, -0.1) is 0 Å². The molecule has 0 aliphatic heterocycles. The molecule has 0 amide bonds. The molecule has 0 saturated carbocycles. The van der Waals surface area contributed by atoms with Crippen LogP contribution < -0.4 is 5.73 Å². The third kappa shape index (κ3) is 76.5. The van der Waals surface area contributed by atoms with E-state index in [4.69, 9.17) is 24.3 Å². The van der Waals surface area contributed by atoms with Crippen LogP contribution in [0.5, 0.6) is 0 Å². The number of phosphoric ester groups is 1. The lowest BCUT2D eigenvalue weighted by atomic mass is 10.0. The van der Waals surface area contributed by atoms with Gasteiger partial charge in [-0.2, -0.15) is 0 Å². The first-order chi connectivity index (χ1) is 45.8. The van der Waals surface area contributed by atoms with Gasteiger partial charge in [-0.05, 0) is 122 Å². The monoisotopic (exact) mass is 1310 g/mol. The van der Waals surface area contributed by atoms with Crippen molar-refractivity contribution in [1.29, 1.82) is 0 Å². The van der Waals surface area contributed by atoms with Gasteiger partial charge in [0.05, 0.1) is 13.2 Å². The summed E-state index contributed by atoms with van der Waals surface area (Å²) in [5.41, 5.74) is 5.41. The molecule has 0 aromatic rings. The average molecular weight is 1310 g/mol. The van der Waals surface area contributed by atoms with Crippen LogP contribution in [-0.2, 0) is 32.7 Å². The number of ether oxygens (including phenoxy) is 2. The van der Waals surface area contributed by atoms with E-state index in [9.17, 15) is 19.0 Å². The van der Waals surface area contributed by atoms with E-state index in [1.54, 1.807) is 0 Å². The first-order valence-electron chi connectivity index (χ1n) is 38.0. The molecule has 0 radical (unpaired) electrons. The summed E-state index contributed by atoms with van der Waals surface area (Å²) in [7, 11) is -4.41. The Hall–Kier alpha value is -4.37. The molecular weight excluding hydrogens is 1170 g/mol. The molecule has 9 nitrogen and oxygen atoms in total. The van der Waals surface area contributed by atoms with Crippen LogP contribution in [0.4, 0.5) is 0 Å². The SMILES string of the molecule is CC/C=C\C/C=C\C/C=C\C/C=C\C/C=C\C/C=C\C/C=C\C/C=C\CCCCCCCCCCCCC(=O)OC(COC(=O)CCCCCCCCCCCCCCCCCCCCCCC/C=C\C/C=C\C/C=C\C/C=C\C/C=C\CC)COP(=O)(O)OCCN. The highest BCUT2D eigenvalue weighted by atomic mass is 31.2. The molecule has 93 heavy (non-hydrogen) atoms. The van der Waals surface area contributed by atoms with E-state index in [1.807, 2.05) is 0 Å². The zero-order valence-electron chi connectivity index (χ0n) is 59.7. The molecule has 0 aliphatic carbocycles. The predicted molar refractivity (Wildman–Crippen MR) is 403 cm³/mol. The van der Waals surface area contributed by atoms with E-state index in [2.05, 4.69) is 172 Å². The fourth-order valence-electron chi connectivity index (χ4n) is 10.4. The Bertz CT molecular complexity index is 2090. The molecule has 0 fully saturated rings. The summed E-state index contributed by atoms with van der Waals surface area (Å²) in [6.45, 7) is 3.53. The predicted octanol–water partition coefficient (Wildman–Crippen LogP) is 25.5. The van der Waals surface area contributed by atoms with Crippen LogP contribution in [0.15, 0.2) is 158 Å². The fraction of sp³-hybridized carbons (Fsp3) is 0.663. The minimum Gasteiger partial charge on any atom is -0.462 e. The summed E-state index contributed by atoms with van der Waals surface area (Å²) < 4.78 is 33.2. The summed E-state index contributed by atoms with van der Waals surface area (Å²) in [5, 5.41) is 0. The average Bonchev–Trinajstić information content (AvgIpc) is 3.70. The normalized spacial score (nSPS) is 13.8. The number of allylic oxidation sites excluding steroid dienone is 26. The number of unbranched alkanes of at least 4 members (excludes halogenated alkanes) is 31. The standard InChI is InChI=1S/C83H140NO8P/c1-3-5-7-9-11-13-15-17-19-21-23-25-27-29-31-33-35-37-39-40-42-43-45-47-49-51-53-55-57-59-61-63-65-67-69-71-73-75-82(85)89-79-81(80-91-93(87,88)90-78-77-84)92-83(86)76-74-72-70-68-66-64-62-60-58-56-54-52-50-48-46-44-41-38-36-34-32-30-28-26-24-22-20-18-16-14-12-10-8-6-4-2/h5-8,11-14,17-20,23-26,29-32,36,38,44,46,50,52,81H,3-4,9-10,15-16,21-22,27-28,33-35,37,39-43,45,47-49,51,53-80,84H2,1-2H3,(H,87,88)/b7-5-,8-6-,13-11-,14-12-,19-17-,20-18-,25-23-,26-24-,31-29-,32-30-,38-36-,46-44-,52-50-. The summed E-state index contributed by atoms with van der Waals surface area (Å²) in [4.78, 5) is 35.4. The number of esters is 2. The van der Waals surface area contributed by atoms with Gasteiger partial charge in [0.1, 0.15) is 6.61 Å². The number of nitrogens with two attached hydrogens (primary N) is 1. The van der Waals surface area contributed by atoms with Gasteiger partial charge in [0.25, 0.3) is 0 Å². The second-order valence-corrected chi connectivity index (χ2v) is 26.2. The molecule has 10 heteroatoms. The van der Waals surface area contributed by atoms with E-state index in [-0.39, 0.29) is 38.6 Å². The van der Waals surface area contributed by atoms with Crippen molar-refractivity contribution in [3.05, 3.63) is 158 Å². The molecule has 0 saturated heterocycles. The molecule has 530 valence electrons. The highest BCUT2D eigenvalue weighted by Gasteiger charge is 2.26. The van der Waals surface area contributed by atoms with Crippen LogP contribution in [-0.4, -0.2) is 49.3 Å². The molecule has 3 N–H and O–H groups in total. The third-order valence-corrected chi connectivity index (χ3v) is 16.9. The van der Waals surface area contributed by atoms with Gasteiger partial charge in [0.2, 0.25) is 0 Å². The van der Waals surface area contributed by atoms with Crippen molar-refractivity contribution in [3.8, 4) is 0 Å². The Morgan fingerprint density at radius 2 is 0.559 bits per heavy atom. The van der Waals surface area contributed by atoms with Gasteiger partial charge in [-0.25, -0.2) is 4.57 Å². The quantitative estimate of drug-likeness (QED) is 0.0264. The first-order valence-corrected chi connectivity index (χ1v) is 39.5. The van der Waals surface area contributed by atoms with E-state index < -0.39 is 26.5 Å². The summed E-state index contributed by atoms with van der Waals surface area (Å²) in [5.74, 6) is -0.829. The number of phosphoric acid groups is 1. The molecule has 0 heterocycles. The van der Waals surface area contributed by atoms with Crippen molar-refractivity contribution in [2.24, 2.45) is 5.73 Å². The Morgan fingerprint density at radius 1 is 0.323 bits per heavy atom. The largest absolute Gasteiger partial charge is 0.472 e. The van der Waals surface area contributed by atoms with E-state index in [0.29, 0.717) is 6.42 Å². The molecular formula is C83H140NO8P. The van der Waals surface area contributed by atoms with Crippen LogP contribution in [0.3, 0.4) is 0 Å². The third-order valence-electron chi connectivity index (χ3n) is 15.9. The zero-order valence-corrected chi connectivity index (χ0v) is 60.6. The maximum atomic E-state index is 12.8. The van der Waals surface area contributed by atoms with Gasteiger partial charge >= 0.3 is 19.8 Å². The zero-order chi connectivity index (χ0) is 67.2. The van der Waals surface area contributed by atoms with Crippen molar-refractivity contribution in [2.45, 2.75) is 328 Å².